The van der Waals surface area contributed by atoms with Crippen LogP contribution in [0.3, 0.4) is 0 Å². The Kier molecular flexibility index (Phi) is 3.09. The number of aromatic nitrogens is 4. The fraction of sp³-hybridized carbons (Fsp3) is 0.267. The molecule has 3 rings (SSSR count). The lowest BCUT2D eigenvalue weighted by Gasteiger charge is -2.19. The molecule has 5 heteroatoms. The lowest BCUT2D eigenvalue weighted by molar-refractivity contribution is 0.588. The predicted molar refractivity (Wildman–Crippen MR) is 83.1 cm³/mol. The van der Waals surface area contributed by atoms with E-state index >= 15 is 0 Å². The first kappa shape index (κ1) is 13.2. The van der Waals surface area contributed by atoms with Gasteiger partial charge in [0.1, 0.15) is 5.52 Å². The van der Waals surface area contributed by atoms with Gasteiger partial charge in [0, 0.05) is 16.9 Å². The van der Waals surface area contributed by atoms with E-state index in [9.17, 15) is 0 Å². The lowest BCUT2D eigenvalue weighted by atomic mass is 9.88. The van der Waals surface area contributed by atoms with Crippen LogP contribution in [0, 0.1) is 0 Å². The van der Waals surface area contributed by atoms with E-state index in [2.05, 4.69) is 57.8 Å². The second kappa shape index (κ2) is 4.66. The summed E-state index contributed by atoms with van der Waals surface area (Å²) in [5.41, 5.74) is 3.11. The molecular formula is C15H15BrN4. The van der Waals surface area contributed by atoms with Gasteiger partial charge in [-0.25, -0.2) is 9.67 Å². The van der Waals surface area contributed by atoms with E-state index in [0.29, 0.717) is 0 Å². The molecule has 0 saturated carbocycles. The Hall–Kier alpha value is -1.75. The van der Waals surface area contributed by atoms with Gasteiger partial charge in [-0.2, -0.15) is 5.10 Å². The monoisotopic (exact) mass is 330 g/mol. The summed E-state index contributed by atoms with van der Waals surface area (Å²) in [5.74, 6) is 0.812. The van der Waals surface area contributed by atoms with Gasteiger partial charge in [0.25, 0.3) is 0 Å². The Labute approximate surface area is 126 Å². The van der Waals surface area contributed by atoms with E-state index in [1.807, 2.05) is 23.0 Å². The van der Waals surface area contributed by atoms with Crippen LogP contribution in [0.25, 0.3) is 16.9 Å². The zero-order chi connectivity index (χ0) is 14.3. The predicted octanol–water partition coefficient (Wildman–Crippen LogP) is 3.88. The molecule has 0 aliphatic carbocycles. The fourth-order valence-electron chi connectivity index (χ4n) is 2.07. The molecule has 0 unspecified atom stereocenters. The fourth-order valence-corrected chi connectivity index (χ4v) is 2.39. The molecule has 0 N–H and O–H groups in total. The van der Waals surface area contributed by atoms with Crippen molar-refractivity contribution in [3.63, 3.8) is 0 Å². The van der Waals surface area contributed by atoms with Gasteiger partial charge in [-0.1, -0.05) is 20.8 Å². The summed E-state index contributed by atoms with van der Waals surface area (Å²) < 4.78 is 2.75. The van der Waals surface area contributed by atoms with Crippen LogP contribution in [-0.4, -0.2) is 19.7 Å². The normalized spacial score (nSPS) is 12.0. The first-order valence-electron chi connectivity index (χ1n) is 6.41. The number of rotatable bonds is 1. The van der Waals surface area contributed by atoms with Crippen molar-refractivity contribution >= 4 is 27.0 Å². The SMILES string of the molecule is CC(C)(C)c1ccnc(-n2ncc3ncc(Br)cc32)c1. The Morgan fingerprint density at radius 1 is 1.10 bits per heavy atom. The van der Waals surface area contributed by atoms with Crippen LogP contribution >= 0.6 is 15.9 Å². The second-order valence-electron chi connectivity index (χ2n) is 5.77. The maximum atomic E-state index is 4.43. The molecule has 4 nitrogen and oxygen atoms in total. The molecule has 0 amide bonds. The molecular weight excluding hydrogens is 316 g/mol. The van der Waals surface area contributed by atoms with Crippen molar-refractivity contribution in [1.82, 2.24) is 19.7 Å². The maximum Gasteiger partial charge on any atom is 0.154 e. The third kappa shape index (κ3) is 2.33. The van der Waals surface area contributed by atoms with Gasteiger partial charge in [-0.15, -0.1) is 0 Å². The molecule has 20 heavy (non-hydrogen) atoms. The molecule has 0 spiro atoms. The minimum Gasteiger partial charge on any atom is -0.252 e. The molecule has 0 aromatic carbocycles. The molecule has 0 atom stereocenters. The smallest absolute Gasteiger partial charge is 0.154 e. The highest BCUT2D eigenvalue weighted by atomic mass is 79.9. The first-order chi connectivity index (χ1) is 9.45. The Bertz CT molecular complexity index is 771. The number of nitrogens with zero attached hydrogens (tertiary/aromatic N) is 4. The Balaban J connectivity index is 2.18. The van der Waals surface area contributed by atoms with Gasteiger partial charge in [0.2, 0.25) is 0 Å². The maximum absolute atomic E-state index is 4.43. The molecule has 3 heterocycles. The van der Waals surface area contributed by atoms with E-state index in [-0.39, 0.29) is 5.41 Å². The minimum atomic E-state index is 0.0828. The Morgan fingerprint density at radius 2 is 1.90 bits per heavy atom. The molecule has 0 saturated heterocycles. The molecule has 0 fully saturated rings. The molecule has 102 valence electrons. The van der Waals surface area contributed by atoms with Gasteiger partial charge in [-0.05, 0) is 45.1 Å². The summed E-state index contributed by atoms with van der Waals surface area (Å²) >= 11 is 3.45. The number of hydrogen-bond acceptors (Lipinski definition) is 3. The van der Waals surface area contributed by atoms with Crippen molar-refractivity contribution in [2.45, 2.75) is 26.2 Å². The van der Waals surface area contributed by atoms with E-state index in [0.717, 1.165) is 21.3 Å². The highest BCUT2D eigenvalue weighted by Gasteiger charge is 2.15. The van der Waals surface area contributed by atoms with Gasteiger partial charge in [0.05, 0.1) is 11.7 Å². The topological polar surface area (TPSA) is 43.6 Å². The zero-order valence-electron chi connectivity index (χ0n) is 11.6. The summed E-state index contributed by atoms with van der Waals surface area (Å²) in [6, 6.07) is 6.12. The third-order valence-electron chi connectivity index (χ3n) is 3.22. The van der Waals surface area contributed by atoms with Crippen LogP contribution in [0.5, 0.6) is 0 Å². The minimum absolute atomic E-state index is 0.0828. The Morgan fingerprint density at radius 3 is 2.65 bits per heavy atom. The molecule has 0 aliphatic rings. The quantitative estimate of drug-likeness (QED) is 0.680. The van der Waals surface area contributed by atoms with Crippen molar-refractivity contribution in [3.05, 3.63) is 46.8 Å². The average Bonchev–Trinajstić information content (AvgIpc) is 2.81. The number of hydrogen-bond donors (Lipinski definition) is 0. The molecule has 0 aliphatic heterocycles. The average molecular weight is 331 g/mol. The van der Waals surface area contributed by atoms with Crippen molar-refractivity contribution in [1.29, 1.82) is 0 Å². The highest BCUT2D eigenvalue weighted by molar-refractivity contribution is 9.10. The highest BCUT2D eigenvalue weighted by Crippen LogP contribution is 2.24. The van der Waals surface area contributed by atoms with Crippen LogP contribution in [0.2, 0.25) is 0 Å². The van der Waals surface area contributed by atoms with E-state index in [1.165, 1.54) is 5.56 Å². The van der Waals surface area contributed by atoms with Crippen molar-refractivity contribution < 1.29 is 0 Å². The van der Waals surface area contributed by atoms with Gasteiger partial charge < -0.3 is 0 Å². The number of halogens is 1. The third-order valence-corrected chi connectivity index (χ3v) is 3.65. The van der Waals surface area contributed by atoms with E-state index < -0.39 is 0 Å². The number of fused-ring (bicyclic) bond motifs is 1. The lowest BCUT2D eigenvalue weighted by Crippen LogP contribution is -2.12. The van der Waals surface area contributed by atoms with Crippen molar-refractivity contribution in [3.8, 4) is 5.82 Å². The van der Waals surface area contributed by atoms with Crippen LogP contribution in [0.15, 0.2) is 41.3 Å². The molecule has 3 aromatic heterocycles. The standard InChI is InChI=1S/C15H15BrN4/c1-15(2,3)10-4-5-17-14(6-10)20-13-7-11(16)8-18-12(13)9-19-20/h4-9H,1-3H3. The van der Waals surface area contributed by atoms with Gasteiger partial charge in [-0.3, -0.25) is 4.98 Å². The van der Waals surface area contributed by atoms with Crippen molar-refractivity contribution in [2.24, 2.45) is 0 Å². The largest absolute Gasteiger partial charge is 0.252 e. The van der Waals surface area contributed by atoms with Gasteiger partial charge >= 0.3 is 0 Å². The summed E-state index contributed by atoms with van der Waals surface area (Å²) in [5, 5.41) is 4.40. The summed E-state index contributed by atoms with van der Waals surface area (Å²) in [7, 11) is 0. The van der Waals surface area contributed by atoms with Crippen molar-refractivity contribution in [2.75, 3.05) is 0 Å². The van der Waals surface area contributed by atoms with Crippen LogP contribution in [0.1, 0.15) is 26.3 Å². The molecule has 0 radical (unpaired) electrons. The zero-order valence-corrected chi connectivity index (χ0v) is 13.2. The van der Waals surface area contributed by atoms with Gasteiger partial charge in [0.15, 0.2) is 5.82 Å². The van der Waals surface area contributed by atoms with E-state index in [1.54, 1.807) is 12.4 Å². The number of pyridine rings is 2. The van der Waals surface area contributed by atoms with Crippen LogP contribution in [-0.2, 0) is 5.41 Å². The molecule has 3 aromatic rings. The molecule has 0 bridgehead atoms. The summed E-state index contributed by atoms with van der Waals surface area (Å²) in [6.45, 7) is 6.56. The van der Waals surface area contributed by atoms with Crippen LogP contribution < -0.4 is 0 Å². The summed E-state index contributed by atoms with van der Waals surface area (Å²) in [6.07, 6.45) is 5.36. The first-order valence-corrected chi connectivity index (χ1v) is 7.21. The van der Waals surface area contributed by atoms with E-state index in [4.69, 9.17) is 0 Å². The summed E-state index contributed by atoms with van der Waals surface area (Å²) in [4.78, 5) is 8.77. The van der Waals surface area contributed by atoms with Crippen LogP contribution in [0.4, 0.5) is 0 Å². The second-order valence-corrected chi connectivity index (χ2v) is 6.68.